The maximum atomic E-state index is 12.2. The highest BCUT2D eigenvalue weighted by molar-refractivity contribution is 7.89. The first-order valence-corrected chi connectivity index (χ1v) is 8.76. The van der Waals surface area contributed by atoms with Crippen LogP contribution in [-0.4, -0.2) is 31.6 Å². The molecular formula is C16H20N2O5S. The third-order valence-corrected chi connectivity index (χ3v) is 4.74. The van der Waals surface area contributed by atoms with Crippen molar-refractivity contribution < 1.29 is 22.7 Å². The first-order chi connectivity index (χ1) is 11.2. The molecular weight excluding hydrogens is 332 g/mol. The summed E-state index contributed by atoms with van der Waals surface area (Å²) in [6.07, 6.45) is 2.92. The Bertz CT molecular complexity index is 780. The molecule has 0 saturated heterocycles. The molecule has 0 aliphatic heterocycles. The minimum Gasteiger partial charge on any atom is -0.472 e. The van der Waals surface area contributed by atoms with E-state index in [1.165, 1.54) is 36.8 Å². The van der Waals surface area contributed by atoms with E-state index < -0.39 is 15.6 Å². The van der Waals surface area contributed by atoms with E-state index in [1.54, 1.807) is 19.9 Å². The quantitative estimate of drug-likeness (QED) is 0.695. The van der Waals surface area contributed by atoms with E-state index in [0.717, 1.165) is 0 Å². The fourth-order valence-corrected chi connectivity index (χ4v) is 2.88. The Hall–Kier alpha value is -2.16. The molecule has 1 heterocycles. The molecule has 0 saturated carbocycles. The number of nitrogens with one attached hydrogen (secondary N) is 2. The fourth-order valence-electron chi connectivity index (χ4n) is 1.86. The number of aliphatic hydroxyl groups excluding tert-OH is 1. The van der Waals surface area contributed by atoms with Gasteiger partial charge in [-0.1, -0.05) is 0 Å². The molecule has 1 aromatic heterocycles. The Morgan fingerprint density at radius 1 is 1.21 bits per heavy atom. The van der Waals surface area contributed by atoms with Gasteiger partial charge in [0.2, 0.25) is 10.0 Å². The molecule has 130 valence electrons. The second-order valence-electron chi connectivity index (χ2n) is 5.98. The van der Waals surface area contributed by atoms with E-state index >= 15 is 0 Å². The normalized spacial score (nSPS) is 12.1. The summed E-state index contributed by atoms with van der Waals surface area (Å²) in [4.78, 5) is 12.1. The molecule has 8 heteroatoms. The van der Waals surface area contributed by atoms with E-state index in [1.807, 2.05) is 0 Å². The minimum atomic E-state index is -3.68. The Morgan fingerprint density at radius 3 is 2.42 bits per heavy atom. The van der Waals surface area contributed by atoms with Gasteiger partial charge < -0.3 is 14.8 Å². The van der Waals surface area contributed by atoms with E-state index in [9.17, 15) is 13.2 Å². The Labute approximate surface area is 140 Å². The van der Waals surface area contributed by atoms with Crippen LogP contribution in [0.4, 0.5) is 0 Å². The maximum absolute atomic E-state index is 12.2. The van der Waals surface area contributed by atoms with Gasteiger partial charge in [0.05, 0.1) is 29.6 Å². The lowest BCUT2D eigenvalue weighted by molar-refractivity contribution is 0.0869. The van der Waals surface area contributed by atoms with Crippen LogP contribution in [0.15, 0.2) is 52.2 Å². The number of aliphatic hydroxyl groups is 1. The fraction of sp³-hybridized carbons (Fsp3) is 0.312. The molecule has 24 heavy (non-hydrogen) atoms. The summed E-state index contributed by atoms with van der Waals surface area (Å²) in [6.45, 7) is 3.28. The molecule has 0 aliphatic carbocycles. The number of amides is 1. The van der Waals surface area contributed by atoms with Crippen molar-refractivity contribution in [1.82, 2.24) is 10.0 Å². The van der Waals surface area contributed by atoms with Crippen molar-refractivity contribution >= 4 is 15.9 Å². The summed E-state index contributed by atoms with van der Waals surface area (Å²) >= 11 is 0. The highest BCUT2D eigenvalue weighted by Gasteiger charge is 2.21. The van der Waals surface area contributed by atoms with E-state index in [2.05, 4.69) is 10.0 Å². The van der Waals surface area contributed by atoms with E-state index in [-0.39, 0.29) is 24.0 Å². The van der Waals surface area contributed by atoms with Crippen molar-refractivity contribution in [3.63, 3.8) is 0 Å². The van der Waals surface area contributed by atoms with Crippen molar-refractivity contribution in [2.45, 2.75) is 30.8 Å². The average Bonchev–Trinajstić information content (AvgIpc) is 3.06. The Kier molecular flexibility index (Phi) is 5.43. The zero-order valence-electron chi connectivity index (χ0n) is 13.4. The molecule has 0 radical (unpaired) electrons. The molecule has 3 N–H and O–H groups in total. The van der Waals surface area contributed by atoms with Gasteiger partial charge in [-0.3, -0.25) is 4.79 Å². The van der Waals surface area contributed by atoms with Gasteiger partial charge in [-0.15, -0.1) is 0 Å². The predicted molar refractivity (Wildman–Crippen MR) is 87.8 cm³/mol. The lowest BCUT2D eigenvalue weighted by atomic mass is 10.1. The number of carbonyl (C=O) groups excluding carboxylic acids is 1. The summed E-state index contributed by atoms with van der Waals surface area (Å²) in [5.41, 5.74) is 0.264. The largest absolute Gasteiger partial charge is 0.472 e. The van der Waals surface area contributed by atoms with Crippen molar-refractivity contribution in [3.8, 4) is 0 Å². The summed E-state index contributed by atoms with van der Waals surface area (Å²) in [5.74, 6) is -0.385. The molecule has 0 spiro atoms. The number of hydrogen-bond acceptors (Lipinski definition) is 5. The van der Waals surface area contributed by atoms with Crippen LogP contribution in [0.3, 0.4) is 0 Å². The number of furan rings is 1. The molecule has 2 rings (SSSR count). The van der Waals surface area contributed by atoms with Crippen LogP contribution in [-0.2, 0) is 16.6 Å². The highest BCUT2D eigenvalue weighted by Crippen LogP contribution is 2.12. The predicted octanol–water partition coefficient (Wildman–Crippen LogP) is 1.26. The third kappa shape index (κ3) is 4.67. The zero-order chi connectivity index (χ0) is 17.8. The smallest absolute Gasteiger partial charge is 0.251 e. The average molecular weight is 352 g/mol. The molecule has 0 bridgehead atoms. The summed E-state index contributed by atoms with van der Waals surface area (Å²) in [7, 11) is -3.68. The minimum absolute atomic E-state index is 0.0592. The molecule has 2 aromatic rings. The van der Waals surface area contributed by atoms with Crippen molar-refractivity contribution in [3.05, 3.63) is 54.0 Å². The number of benzene rings is 1. The van der Waals surface area contributed by atoms with Gasteiger partial charge in [0.15, 0.2) is 0 Å². The zero-order valence-corrected chi connectivity index (χ0v) is 14.3. The molecule has 1 aromatic carbocycles. The number of hydrogen-bond donors (Lipinski definition) is 3. The first-order valence-electron chi connectivity index (χ1n) is 7.28. The van der Waals surface area contributed by atoms with Gasteiger partial charge >= 0.3 is 0 Å². The summed E-state index contributed by atoms with van der Waals surface area (Å²) < 4.78 is 31.7. The second kappa shape index (κ2) is 7.16. The van der Waals surface area contributed by atoms with Crippen molar-refractivity contribution in [2.24, 2.45) is 0 Å². The van der Waals surface area contributed by atoms with Crippen LogP contribution in [0.1, 0.15) is 29.8 Å². The van der Waals surface area contributed by atoms with Gasteiger partial charge in [0.25, 0.3) is 5.91 Å². The maximum Gasteiger partial charge on any atom is 0.251 e. The molecule has 1 amide bonds. The van der Waals surface area contributed by atoms with Crippen LogP contribution in [0.5, 0.6) is 0 Å². The van der Waals surface area contributed by atoms with Gasteiger partial charge in [-0.05, 0) is 44.2 Å². The molecule has 0 aliphatic rings. The first kappa shape index (κ1) is 18.2. The second-order valence-corrected chi connectivity index (χ2v) is 7.74. The highest BCUT2D eigenvalue weighted by atomic mass is 32.2. The monoisotopic (exact) mass is 352 g/mol. The van der Waals surface area contributed by atoms with Crippen LogP contribution in [0.2, 0.25) is 0 Å². The number of sulfonamides is 1. The SMILES string of the molecule is CC(C)(CO)NC(=O)c1ccc(S(=O)(=O)NCc2ccoc2)cc1. The van der Waals surface area contributed by atoms with Crippen LogP contribution in [0, 0.1) is 0 Å². The van der Waals surface area contributed by atoms with E-state index in [0.29, 0.717) is 11.1 Å². The van der Waals surface area contributed by atoms with Gasteiger partial charge in [0, 0.05) is 17.7 Å². The van der Waals surface area contributed by atoms with Gasteiger partial charge in [-0.2, -0.15) is 0 Å². The molecule has 0 unspecified atom stereocenters. The number of carbonyl (C=O) groups is 1. The van der Waals surface area contributed by atoms with Crippen LogP contribution in [0.25, 0.3) is 0 Å². The van der Waals surface area contributed by atoms with Crippen molar-refractivity contribution in [2.75, 3.05) is 6.61 Å². The third-order valence-electron chi connectivity index (χ3n) is 3.32. The van der Waals surface area contributed by atoms with Gasteiger partial charge in [-0.25, -0.2) is 13.1 Å². The molecule has 7 nitrogen and oxygen atoms in total. The standard InChI is InChI=1S/C16H20N2O5S/c1-16(2,11-19)18-15(20)13-3-5-14(6-4-13)24(21,22)17-9-12-7-8-23-10-12/h3-8,10,17,19H,9,11H2,1-2H3,(H,18,20). The molecule has 0 fully saturated rings. The van der Waals surface area contributed by atoms with Gasteiger partial charge in [0.1, 0.15) is 0 Å². The number of rotatable bonds is 7. The Morgan fingerprint density at radius 2 is 1.88 bits per heavy atom. The summed E-state index contributed by atoms with van der Waals surface area (Å²) in [5, 5.41) is 11.8. The molecule has 0 atom stereocenters. The lowest BCUT2D eigenvalue weighted by Gasteiger charge is -2.23. The Balaban J connectivity index is 2.06. The van der Waals surface area contributed by atoms with E-state index in [4.69, 9.17) is 9.52 Å². The van der Waals surface area contributed by atoms with Crippen LogP contribution >= 0.6 is 0 Å². The summed E-state index contributed by atoms with van der Waals surface area (Å²) in [6, 6.07) is 7.24. The lowest BCUT2D eigenvalue weighted by Crippen LogP contribution is -2.46. The topological polar surface area (TPSA) is 109 Å². The van der Waals surface area contributed by atoms with Crippen molar-refractivity contribution in [1.29, 1.82) is 0 Å². The van der Waals surface area contributed by atoms with Crippen LogP contribution < -0.4 is 10.0 Å².